The van der Waals surface area contributed by atoms with E-state index >= 15 is 0 Å². The van der Waals surface area contributed by atoms with Crippen molar-refractivity contribution in [3.05, 3.63) is 47.3 Å². The van der Waals surface area contributed by atoms with Gasteiger partial charge in [0, 0.05) is 16.9 Å². The minimum absolute atomic E-state index is 0.135. The molecule has 4 unspecified atom stereocenters. The zero-order valence-electron chi connectivity index (χ0n) is 21.4. The molecule has 3 nitrogen and oxygen atoms in total. The lowest BCUT2D eigenvalue weighted by Crippen LogP contribution is -2.47. The van der Waals surface area contributed by atoms with Crippen LogP contribution in [0.2, 0.25) is 0 Å². The number of rotatable bonds is 5. The average molecular weight is 514 g/mol. The maximum atomic E-state index is 13.5. The Morgan fingerprint density at radius 2 is 1.66 bits per heavy atom. The van der Waals surface area contributed by atoms with E-state index in [0.29, 0.717) is 16.9 Å². The normalized spacial score (nSPS) is 26.4. The fourth-order valence-corrected chi connectivity index (χ4v) is 8.51. The lowest BCUT2D eigenvalue weighted by Gasteiger charge is -2.36. The van der Waals surface area contributed by atoms with Crippen LogP contribution in [0.1, 0.15) is 101 Å². The zero-order valence-corrected chi connectivity index (χ0v) is 23.0. The number of thiophene rings is 1. The van der Waals surface area contributed by atoms with E-state index in [4.69, 9.17) is 0 Å². The minimum Gasteiger partial charge on any atom is -0.508 e. The predicted molar refractivity (Wildman–Crippen MR) is 150 cm³/mol. The van der Waals surface area contributed by atoms with Crippen molar-refractivity contribution in [3.63, 3.8) is 0 Å². The van der Waals surface area contributed by atoms with Gasteiger partial charge in [-0.25, -0.2) is 0 Å². The van der Waals surface area contributed by atoms with Gasteiger partial charge in [0.25, 0.3) is 0 Å². The Kier molecular flexibility index (Phi) is 10.6. The van der Waals surface area contributed by atoms with Gasteiger partial charge >= 0.3 is 0 Å². The molecule has 0 amide bonds. The summed E-state index contributed by atoms with van der Waals surface area (Å²) in [5.41, 5.74) is 0.710. The Balaban J connectivity index is 1.55. The van der Waals surface area contributed by atoms with Crippen LogP contribution in [0.5, 0.6) is 5.75 Å². The number of phenolic OH excluding ortho intramolecular Hbond substituents is 1. The third-order valence-corrected chi connectivity index (χ3v) is 10.4. The number of benzene rings is 1. The SMILES string of the molecule is CC(C(=O)c1ccc(O)cc1)N1CCCCCCCCCCC2CCC1CC(Sc1cccs1)C2. The van der Waals surface area contributed by atoms with Crippen LogP contribution in [0, 0.1) is 5.92 Å². The highest BCUT2D eigenvalue weighted by Crippen LogP contribution is 2.40. The number of fused-ring (bicyclic) bond motifs is 3. The summed E-state index contributed by atoms with van der Waals surface area (Å²) in [6.45, 7) is 3.13. The molecule has 1 aromatic heterocycles. The average Bonchev–Trinajstić information content (AvgIpc) is 3.28. The molecule has 1 aromatic carbocycles. The maximum absolute atomic E-state index is 13.5. The van der Waals surface area contributed by atoms with Gasteiger partial charge < -0.3 is 5.11 Å². The summed E-state index contributed by atoms with van der Waals surface area (Å²) in [4.78, 5) is 16.1. The van der Waals surface area contributed by atoms with E-state index in [0.717, 1.165) is 12.5 Å². The van der Waals surface area contributed by atoms with E-state index in [1.54, 1.807) is 24.3 Å². The van der Waals surface area contributed by atoms with Crippen molar-refractivity contribution in [2.24, 2.45) is 5.92 Å². The number of thioether (sulfide) groups is 1. The predicted octanol–water partition coefficient (Wildman–Crippen LogP) is 8.57. The molecule has 192 valence electrons. The molecule has 2 aliphatic rings. The molecule has 1 saturated heterocycles. The highest BCUT2D eigenvalue weighted by Gasteiger charge is 2.34. The molecule has 4 atom stereocenters. The Bertz CT molecular complexity index is 882. The molecule has 2 heterocycles. The summed E-state index contributed by atoms with van der Waals surface area (Å²) in [6.07, 6.45) is 17.0. The first-order chi connectivity index (χ1) is 17.1. The number of carbonyl (C=O) groups is 1. The molecule has 0 radical (unpaired) electrons. The summed E-state index contributed by atoms with van der Waals surface area (Å²) in [7, 11) is 0. The number of aromatic hydroxyl groups is 1. The van der Waals surface area contributed by atoms with Crippen molar-refractivity contribution in [3.8, 4) is 5.75 Å². The fourth-order valence-electron chi connectivity index (χ4n) is 6.09. The van der Waals surface area contributed by atoms with Gasteiger partial charge in [-0.1, -0.05) is 57.4 Å². The molecular formula is C30H43NO2S2. The molecule has 2 aromatic rings. The van der Waals surface area contributed by atoms with Crippen molar-refractivity contribution in [1.82, 2.24) is 4.90 Å². The lowest BCUT2D eigenvalue weighted by molar-refractivity contribution is 0.0729. The van der Waals surface area contributed by atoms with Gasteiger partial charge in [0.1, 0.15) is 5.75 Å². The molecule has 1 aliphatic carbocycles. The second-order valence-electron chi connectivity index (χ2n) is 10.7. The monoisotopic (exact) mass is 513 g/mol. The van der Waals surface area contributed by atoms with Crippen LogP contribution < -0.4 is 0 Å². The van der Waals surface area contributed by atoms with Crippen LogP contribution in [0.15, 0.2) is 46.0 Å². The number of phenols is 1. The lowest BCUT2D eigenvalue weighted by atomic mass is 9.93. The summed E-state index contributed by atoms with van der Waals surface area (Å²) in [5, 5.41) is 12.5. The Morgan fingerprint density at radius 1 is 0.943 bits per heavy atom. The molecule has 2 bridgehead atoms. The smallest absolute Gasteiger partial charge is 0.179 e. The fraction of sp³-hybridized carbons (Fsp3) is 0.633. The van der Waals surface area contributed by atoms with Crippen molar-refractivity contribution in [1.29, 1.82) is 0 Å². The molecule has 1 aliphatic heterocycles. The van der Waals surface area contributed by atoms with Crippen molar-refractivity contribution in [2.45, 2.75) is 112 Å². The summed E-state index contributed by atoms with van der Waals surface area (Å²) < 4.78 is 1.43. The molecule has 35 heavy (non-hydrogen) atoms. The number of carbonyl (C=O) groups excluding carboxylic acids is 1. The number of hydrogen-bond donors (Lipinski definition) is 1. The van der Waals surface area contributed by atoms with Crippen molar-refractivity contribution >= 4 is 28.9 Å². The van der Waals surface area contributed by atoms with Gasteiger partial charge in [-0.3, -0.25) is 9.69 Å². The highest BCUT2D eigenvalue weighted by atomic mass is 32.2. The second kappa shape index (κ2) is 13.9. The molecule has 4 rings (SSSR count). The maximum Gasteiger partial charge on any atom is 0.179 e. The van der Waals surface area contributed by atoms with E-state index in [2.05, 4.69) is 41.1 Å². The summed E-state index contributed by atoms with van der Waals surface area (Å²) in [5.74, 6) is 1.21. The first-order valence-corrected chi connectivity index (χ1v) is 15.6. The Labute approximate surface area is 220 Å². The van der Waals surface area contributed by atoms with E-state index in [-0.39, 0.29) is 17.6 Å². The third-order valence-electron chi connectivity index (χ3n) is 8.09. The molecule has 1 N–H and O–H groups in total. The van der Waals surface area contributed by atoms with Gasteiger partial charge in [-0.2, -0.15) is 0 Å². The number of ketones is 1. The van der Waals surface area contributed by atoms with Crippen molar-refractivity contribution < 1.29 is 9.90 Å². The highest BCUT2D eigenvalue weighted by molar-refractivity contribution is 8.01. The largest absolute Gasteiger partial charge is 0.508 e. The summed E-state index contributed by atoms with van der Waals surface area (Å²) in [6, 6.07) is 11.6. The van der Waals surface area contributed by atoms with Crippen LogP contribution in [-0.4, -0.2) is 39.7 Å². The summed E-state index contributed by atoms with van der Waals surface area (Å²) >= 11 is 3.95. The number of hydrogen-bond acceptors (Lipinski definition) is 5. The standard InChI is InChI=1S/C30H43NO2S2/c1-23(30(33)25-14-17-27(32)18-15-25)31-19-9-7-5-3-2-4-6-8-11-24-13-16-26(31)22-28(21-24)35-29-12-10-20-34-29/h10,12,14-15,17-18,20,23-24,26,28,32H,2-9,11,13,16,19,21-22H2,1H3. The molecule has 5 heteroatoms. The number of nitrogens with zero attached hydrogens (tertiary/aromatic N) is 1. The van der Waals surface area contributed by atoms with E-state index in [9.17, 15) is 9.90 Å². The first kappa shape index (κ1) is 26.8. The Hall–Kier alpha value is -1.30. The van der Waals surface area contributed by atoms with Gasteiger partial charge in [0.2, 0.25) is 0 Å². The van der Waals surface area contributed by atoms with Gasteiger partial charge in [0.15, 0.2) is 5.78 Å². The van der Waals surface area contributed by atoms with Crippen molar-refractivity contribution in [2.75, 3.05) is 6.54 Å². The van der Waals surface area contributed by atoms with Crippen LogP contribution in [0.25, 0.3) is 0 Å². The van der Waals surface area contributed by atoms with E-state index < -0.39 is 0 Å². The molecule has 2 fully saturated rings. The third kappa shape index (κ3) is 8.10. The Morgan fingerprint density at radius 3 is 2.37 bits per heavy atom. The number of Topliss-reactive ketones (excluding diaryl/α,β-unsaturated/α-hetero) is 1. The molecule has 0 spiro atoms. The molecular weight excluding hydrogens is 470 g/mol. The quantitative estimate of drug-likeness (QED) is 0.407. The van der Waals surface area contributed by atoms with Crippen LogP contribution in [0.4, 0.5) is 0 Å². The van der Waals surface area contributed by atoms with Crippen LogP contribution >= 0.6 is 23.1 Å². The minimum atomic E-state index is -0.135. The van der Waals surface area contributed by atoms with E-state index in [1.807, 2.05) is 11.3 Å². The van der Waals surface area contributed by atoms with Crippen LogP contribution in [-0.2, 0) is 0 Å². The first-order valence-electron chi connectivity index (χ1n) is 13.9. The van der Waals surface area contributed by atoms with Gasteiger partial charge in [0.05, 0.1) is 10.3 Å². The second-order valence-corrected chi connectivity index (χ2v) is 13.2. The van der Waals surface area contributed by atoms with E-state index in [1.165, 1.54) is 87.7 Å². The topological polar surface area (TPSA) is 40.5 Å². The van der Waals surface area contributed by atoms with Crippen LogP contribution in [0.3, 0.4) is 0 Å². The molecule has 1 saturated carbocycles. The zero-order chi connectivity index (χ0) is 24.5. The van der Waals surface area contributed by atoms with Gasteiger partial charge in [-0.15, -0.1) is 23.1 Å². The van der Waals surface area contributed by atoms with Gasteiger partial charge in [-0.05, 0) is 87.2 Å².